The smallest absolute Gasteiger partial charge is 0.171 e. The normalized spacial score (nSPS) is 12.1. The molecule has 0 bridgehead atoms. The van der Waals surface area contributed by atoms with Crippen LogP contribution in [0.5, 0.6) is 0 Å². The zero-order valence-electron chi connectivity index (χ0n) is 16.7. The minimum absolute atomic E-state index is 0.0311. The molecule has 1 aromatic carbocycles. The van der Waals surface area contributed by atoms with Crippen LogP contribution in [-0.2, 0) is 13.6 Å². The van der Waals surface area contributed by atoms with E-state index in [-0.39, 0.29) is 11.9 Å². The Balaban J connectivity index is 1.70. The fraction of sp³-hybridized carbons (Fsp3) is 0.350. The SMILES string of the molecule is Cc1nn(C)cc1C(C)NC(=S)Nc1c(C)nn(Cc2ccc(F)cc2)c1C. The van der Waals surface area contributed by atoms with Crippen molar-refractivity contribution >= 4 is 23.0 Å². The molecular formula is C20H25FN6S. The summed E-state index contributed by atoms with van der Waals surface area (Å²) in [6, 6.07) is 6.48. The molecular weight excluding hydrogens is 375 g/mol. The Kier molecular flexibility index (Phi) is 5.79. The quantitative estimate of drug-likeness (QED) is 0.639. The Bertz CT molecular complexity index is 989. The highest BCUT2D eigenvalue weighted by atomic mass is 32.1. The highest BCUT2D eigenvalue weighted by molar-refractivity contribution is 7.80. The van der Waals surface area contributed by atoms with E-state index in [2.05, 4.69) is 27.8 Å². The van der Waals surface area contributed by atoms with E-state index in [0.29, 0.717) is 11.7 Å². The third kappa shape index (κ3) is 4.39. The standard InChI is InChI=1S/C20H25FN6S/c1-12(18-11-26(5)24-13(18)2)22-20(28)23-19-14(3)25-27(15(19)4)10-16-6-8-17(21)9-7-16/h6-9,11-12H,10H2,1-5H3,(H2,22,23,28). The number of nitrogens with zero attached hydrogens (tertiary/aromatic N) is 4. The molecule has 148 valence electrons. The second-order valence-electron chi connectivity index (χ2n) is 6.99. The Hall–Kier alpha value is -2.74. The molecule has 2 N–H and O–H groups in total. The molecule has 0 saturated carbocycles. The van der Waals surface area contributed by atoms with Gasteiger partial charge in [0, 0.05) is 18.8 Å². The van der Waals surface area contributed by atoms with E-state index in [4.69, 9.17) is 12.2 Å². The maximum absolute atomic E-state index is 13.1. The Morgan fingerprint density at radius 1 is 1.14 bits per heavy atom. The summed E-state index contributed by atoms with van der Waals surface area (Å²) < 4.78 is 16.8. The Morgan fingerprint density at radius 3 is 2.43 bits per heavy atom. The fourth-order valence-corrected chi connectivity index (χ4v) is 3.54. The predicted octanol–water partition coefficient (Wildman–Crippen LogP) is 3.78. The van der Waals surface area contributed by atoms with Gasteiger partial charge in [-0.2, -0.15) is 10.2 Å². The third-order valence-electron chi connectivity index (χ3n) is 4.73. The number of hydrogen-bond acceptors (Lipinski definition) is 3. The van der Waals surface area contributed by atoms with Crippen LogP contribution >= 0.6 is 12.2 Å². The summed E-state index contributed by atoms with van der Waals surface area (Å²) in [6.45, 7) is 8.53. The molecule has 8 heteroatoms. The van der Waals surface area contributed by atoms with Crippen LogP contribution in [0.25, 0.3) is 0 Å². The van der Waals surface area contributed by atoms with E-state index in [1.807, 2.05) is 38.7 Å². The van der Waals surface area contributed by atoms with Gasteiger partial charge in [0.1, 0.15) is 5.82 Å². The van der Waals surface area contributed by atoms with Crippen molar-refractivity contribution < 1.29 is 4.39 Å². The van der Waals surface area contributed by atoms with Gasteiger partial charge in [0.15, 0.2) is 5.11 Å². The number of hydrogen-bond donors (Lipinski definition) is 2. The number of aryl methyl sites for hydroxylation is 3. The topological polar surface area (TPSA) is 59.7 Å². The van der Waals surface area contributed by atoms with E-state index in [1.54, 1.807) is 16.8 Å². The molecule has 2 aromatic heterocycles. The first kappa shape index (κ1) is 20.0. The molecule has 3 rings (SSSR count). The van der Waals surface area contributed by atoms with Crippen LogP contribution in [0.3, 0.4) is 0 Å². The van der Waals surface area contributed by atoms with Crippen LogP contribution in [0.4, 0.5) is 10.1 Å². The van der Waals surface area contributed by atoms with Crippen molar-refractivity contribution in [3.05, 3.63) is 64.5 Å². The summed E-state index contributed by atoms with van der Waals surface area (Å²) in [4.78, 5) is 0. The largest absolute Gasteiger partial charge is 0.356 e. The zero-order chi connectivity index (χ0) is 20.4. The lowest BCUT2D eigenvalue weighted by molar-refractivity contribution is 0.622. The van der Waals surface area contributed by atoms with Gasteiger partial charge in [0.25, 0.3) is 0 Å². The van der Waals surface area contributed by atoms with Crippen molar-refractivity contribution in [3.8, 4) is 0 Å². The highest BCUT2D eigenvalue weighted by Crippen LogP contribution is 2.21. The number of anilines is 1. The maximum Gasteiger partial charge on any atom is 0.171 e. The van der Waals surface area contributed by atoms with Crippen LogP contribution in [0.15, 0.2) is 30.5 Å². The van der Waals surface area contributed by atoms with Gasteiger partial charge in [-0.3, -0.25) is 9.36 Å². The van der Waals surface area contributed by atoms with E-state index >= 15 is 0 Å². The van der Waals surface area contributed by atoms with E-state index < -0.39 is 0 Å². The molecule has 0 saturated heterocycles. The third-order valence-corrected chi connectivity index (χ3v) is 4.95. The number of rotatable bonds is 5. The Labute approximate surface area is 169 Å². The average molecular weight is 401 g/mol. The molecule has 2 heterocycles. The van der Waals surface area contributed by atoms with Crippen LogP contribution in [0, 0.1) is 26.6 Å². The van der Waals surface area contributed by atoms with Crippen molar-refractivity contribution in [2.75, 3.05) is 5.32 Å². The Morgan fingerprint density at radius 2 is 1.82 bits per heavy atom. The minimum atomic E-state index is -0.242. The maximum atomic E-state index is 13.1. The number of halogens is 1. The van der Waals surface area contributed by atoms with Crippen molar-refractivity contribution in [1.82, 2.24) is 24.9 Å². The lowest BCUT2D eigenvalue weighted by Crippen LogP contribution is -2.31. The first-order chi connectivity index (χ1) is 13.2. The number of aromatic nitrogens is 4. The summed E-state index contributed by atoms with van der Waals surface area (Å²) in [5.74, 6) is -0.242. The predicted molar refractivity (Wildman–Crippen MR) is 113 cm³/mol. The zero-order valence-corrected chi connectivity index (χ0v) is 17.6. The van der Waals surface area contributed by atoms with Gasteiger partial charge in [-0.25, -0.2) is 4.39 Å². The molecule has 0 aliphatic carbocycles. The fourth-order valence-electron chi connectivity index (χ4n) is 3.26. The lowest BCUT2D eigenvalue weighted by atomic mass is 10.1. The average Bonchev–Trinajstić information content (AvgIpc) is 3.10. The summed E-state index contributed by atoms with van der Waals surface area (Å²) in [5, 5.41) is 16.1. The molecule has 28 heavy (non-hydrogen) atoms. The van der Waals surface area contributed by atoms with Crippen LogP contribution in [-0.4, -0.2) is 24.7 Å². The molecule has 3 aromatic rings. The molecule has 6 nitrogen and oxygen atoms in total. The summed E-state index contributed by atoms with van der Waals surface area (Å²) in [5.41, 5.74) is 5.77. The molecule has 1 unspecified atom stereocenters. The number of benzene rings is 1. The summed E-state index contributed by atoms with van der Waals surface area (Å²) in [6.07, 6.45) is 1.99. The van der Waals surface area contributed by atoms with Gasteiger partial charge < -0.3 is 10.6 Å². The van der Waals surface area contributed by atoms with Crippen molar-refractivity contribution in [1.29, 1.82) is 0 Å². The van der Waals surface area contributed by atoms with Crippen molar-refractivity contribution in [2.45, 2.75) is 40.3 Å². The van der Waals surface area contributed by atoms with E-state index in [0.717, 1.165) is 33.9 Å². The second-order valence-corrected chi connectivity index (χ2v) is 7.40. The molecule has 1 atom stereocenters. The van der Waals surface area contributed by atoms with E-state index in [9.17, 15) is 4.39 Å². The van der Waals surface area contributed by atoms with Gasteiger partial charge in [0.2, 0.25) is 0 Å². The van der Waals surface area contributed by atoms with Gasteiger partial charge >= 0.3 is 0 Å². The first-order valence-electron chi connectivity index (χ1n) is 9.10. The van der Waals surface area contributed by atoms with Crippen molar-refractivity contribution in [2.24, 2.45) is 7.05 Å². The number of thiocarbonyl (C=S) groups is 1. The van der Waals surface area contributed by atoms with Crippen LogP contribution in [0.2, 0.25) is 0 Å². The molecule has 0 fully saturated rings. The second kappa shape index (κ2) is 8.10. The van der Waals surface area contributed by atoms with Crippen molar-refractivity contribution in [3.63, 3.8) is 0 Å². The summed E-state index contributed by atoms with van der Waals surface area (Å²) >= 11 is 5.51. The minimum Gasteiger partial charge on any atom is -0.356 e. The van der Waals surface area contributed by atoms with Gasteiger partial charge in [-0.05, 0) is 57.6 Å². The lowest BCUT2D eigenvalue weighted by Gasteiger charge is -2.17. The van der Waals surface area contributed by atoms with Crippen LogP contribution < -0.4 is 10.6 Å². The van der Waals surface area contributed by atoms with E-state index in [1.165, 1.54) is 12.1 Å². The summed E-state index contributed by atoms with van der Waals surface area (Å²) in [7, 11) is 1.90. The molecule has 0 aliphatic rings. The molecule has 0 radical (unpaired) electrons. The van der Waals surface area contributed by atoms with Crippen LogP contribution in [0.1, 0.15) is 41.2 Å². The first-order valence-corrected chi connectivity index (χ1v) is 9.51. The van der Waals surface area contributed by atoms with Gasteiger partial charge in [-0.15, -0.1) is 0 Å². The monoisotopic (exact) mass is 400 g/mol. The molecule has 0 amide bonds. The van der Waals surface area contributed by atoms with Gasteiger partial charge in [0.05, 0.1) is 35.4 Å². The molecule has 0 aliphatic heterocycles. The molecule has 0 spiro atoms. The van der Waals surface area contributed by atoms with Gasteiger partial charge in [-0.1, -0.05) is 12.1 Å². The number of nitrogens with one attached hydrogen (secondary N) is 2. The highest BCUT2D eigenvalue weighted by Gasteiger charge is 2.16.